The number of amides is 3. The van der Waals surface area contributed by atoms with Gasteiger partial charge >= 0.3 is 0 Å². The van der Waals surface area contributed by atoms with Crippen molar-refractivity contribution in [2.24, 2.45) is 17.6 Å². The number of carbonyl (C=O) groups is 3. The Morgan fingerprint density at radius 1 is 0.923 bits per heavy atom. The number of piperidine rings is 2. The SMILES string of the molecule is NC(=O)C1CCCN(C(=O)C2CCCN(C(=O)c3ccc(Cl)cc3)C2)C1. The number of likely N-dealkylation sites (tertiary alicyclic amines) is 2. The van der Waals surface area contributed by atoms with Crippen molar-refractivity contribution in [1.29, 1.82) is 0 Å². The third-order valence-electron chi connectivity index (χ3n) is 5.28. The van der Waals surface area contributed by atoms with E-state index in [1.807, 2.05) is 0 Å². The maximum atomic E-state index is 12.9. The van der Waals surface area contributed by atoms with Crippen molar-refractivity contribution in [1.82, 2.24) is 9.80 Å². The van der Waals surface area contributed by atoms with E-state index in [4.69, 9.17) is 17.3 Å². The Morgan fingerprint density at radius 2 is 1.50 bits per heavy atom. The molecule has 2 saturated heterocycles. The standard InChI is InChI=1S/C19H24ClN3O3/c20-16-7-5-13(6-8-16)18(25)23-10-2-4-15(12-23)19(26)22-9-1-3-14(11-22)17(21)24/h5-8,14-15H,1-4,9-12H2,(H2,21,24). The molecule has 0 spiro atoms. The number of carbonyl (C=O) groups excluding carboxylic acids is 3. The van der Waals surface area contributed by atoms with E-state index >= 15 is 0 Å². The average Bonchev–Trinajstić information content (AvgIpc) is 2.67. The lowest BCUT2D eigenvalue weighted by molar-refractivity contribution is -0.140. The van der Waals surface area contributed by atoms with Gasteiger partial charge in [-0.2, -0.15) is 0 Å². The molecule has 7 heteroatoms. The van der Waals surface area contributed by atoms with E-state index in [-0.39, 0.29) is 29.6 Å². The number of primary amides is 1. The number of nitrogens with zero attached hydrogens (tertiary/aromatic N) is 2. The Bertz CT molecular complexity index is 692. The van der Waals surface area contributed by atoms with Crippen LogP contribution in [-0.2, 0) is 9.59 Å². The maximum absolute atomic E-state index is 12.9. The van der Waals surface area contributed by atoms with Crippen molar-refractivity contribution in [3.63, 3.8) is 0 Å². The third kappa shape index (κ3) is 4.18. The fourth-order valence-corrected chi connectivity index (χ4v) is 3.93. The highest BCUT2D eigenvalue weighted by Gasteiger charge is 2.34. The van der Waals surface area contributed by atoms with Gasteiger partial charge in [0.25, 0.3) is 5.91 Å². The highest BCUT2D eigenvalue weighted by atomic mass is 35.5. The largest absolute Gasteiger partial charge is 0.369 e. The summed E-state index contributed by atoms with van der Waals surface area (Å²) in [4.78, 5) is 40.5. The Kier molecular flexibility index (Phi) is 5.81. The Balaban J connectivity index is 1.64. The van der Waals surface area contributed by atoms with E-state index < -0.39 is 0 Å². The van der Waals surface area contributed by atoms with Crippen LogP contribution in [0.15, 0.2) is 24.3 Å². The van der Waals surface area contributed by atoms with Crippen molar-refractivity contribution < 1.29 is 14.4 Å². The van der Waals surface area contributed by atoms with Gasteiger partial charge in [-0.25, -0.2) is 0 Å². The molecule has 140 valence electrons. The van der Waals surface area contributed by atoms with E-state index in [1.165, 1.54) is 0 Å². The Hall–Kier alpha value is -2.08. The normalized spacial score (nSPS) is 23.6. The molecule has 2 fully saturated rings. The molecule has 3 amide bonds. The van der Waals surface area contributed by atoms with Gasteiger partial charge in [-0.15, -0.1) is 0 Å². The summed E-state index contributed by atoms with van der Waals surface area (Å²) in [5, 5.41) is 0.586. The van der Waals surface area contributed by atoms with Crippen molar-refractivity contribution in [2.45, 2.75) is 25.7 Å². The van der Waals surface area contributed by atoms with Crippen LogP contribution in [-0.4, -0.2) is 53.7 Å². The van der Waals surface area contributed by atoms with E-state index in [0.29, 0.717) is 36.8 Å². The summed E-state index contributed by atoms with van der Waals surface area (Å²) < 4.78 is 0. The van der Waals surface area contributed by atoms with E-state index in [2.05, 4.69) is 0 Å². The second-order valence-electron chi connectivity index (χ2n) is 7.12. The molecule has 3 rings (SSSR count). The molecule has 2 atom stereocenters. The van der Waals surface area contributed by atoms with Crippen LogP contribution in [0.5, 0.6) is 0 Å². The molecule has 26 heavy (non-hydrogen) atoms. The molecule has 2 heterocycles. The first-order chi connectivity index (χ1) is 12.5. The van der Waals surface area contributed by atoms with Gasteiger partial charge in [0.05, 0.1) is 11.8 Å². The summed E-state index contributed by atoms with van der Waals surface area (Å²) in [6.45, 7) is 2.12. The van der Waals surface area contributed by atoms with Gasteiger partial charge in [0.1, 0.15) is 0 Å². The van der Waals surface area contributed by atoms with Crippen LogP contribution >= 0.6 is 11.6 Å². The van der Waals surface area contributed by atoms with Gasteiger partial charge in [-0.3, -0.25) is 14.4 Å². The number of halogens is 1. The predicted octanol–water partition coefficient (Wildman–Crippen LogP) is 1.92. The Labute approximate surface area is 158 Å². The molecular weight excluding hydrogens is 354 g/mol. The van der Waals surface area contributed by atoms with Gasteiger partial charge in [-0.05, 0) is 49.9 Å². The highest BCUT2D eigenvalue weighted by Crippen LogP contribution is 2.24. The smallest absolute Gasteiger partial charge is 0.253 e. The van der Waals surface area contributed by atoms with Crippen LogP contribution in [0.2, 0.25) is 5.02 Å². The molecule has 2 unspecified atom stereocenters. The first-order valence-corrected chi connectivity index (χ1v) is 9.46. The molecule has 1 aromatic rings. The van der Waals surface area contributed by atoms with Gasteiger partial charge in [-0.1, -0.05) is 11.6 Å². The predicted molar refractivity (Wildman–Crippen MR) is 98.6 cm³/mol. The van der Waals surface area contributed by atoms with Crippen LogP contribution in [0.3, 0.4) is 0 Å². The number of hydrogen-bond donors (Lipinski definition) is 1. The van der Waals surface area contributed by atoms with Crippen LogP contribution < -0.4 is 5.73 Å². The van der Waals surface area contributed by atoms with E-state index in [9.17, 15) is 14.4 Å². The van der Waals surface area contributed by atoms with Gasteiger partial charge in [0, 0.05) is 36.8 Å². The first-order valence-electron chi connectivity index (χ1n) is 9.08. The minimum atomic E-state index is -0.342. The second-order valence-corrected chi connectivity index (χ2v) is 7.56. The molecule has 0 radical (unpaired) electrons. The zero-order valence-electron chi connectivity index (χ0n) is 14.7. The lowest BCUT2D eigenvalue weighted by atomic mass is 9.92. The zero-order chi connectivity index (χ0) is 18.7. The number of benzene rings is 1. The lowest BCUT2D eigenvalue weighted by Crippen LogP contribution is -2.50. The van der Waals surface area contributed by atoms with Crippen LogP contribution in [0.1, 0.15) is 36.0 Å². The van der Waals surface area contributed by atoms with Crippen LogP contribution in [0, 0.1) is 11.8 Å². The van der Waals surface area contributed by atoms with E-state index in [0.717, 1.165) is 25.7 Å². The fraction of sp³-hybridized carbons (Fsp3) is 0.526. The molecular formula is C19H24ClN3O3. The molecule has 0 aromatic heterocycles. The molecule has 6 nitrogen and oxygen atoms in total. The fourth-order valence-electron chi connectivity index (χ4n) is 3.81. The van der Waals surface area contributed by atoms with Gasteiger partial charge in [0.15, 0.2) is 0 Å². The molecule has 0 bridgehead atoms. The monoisotopic (exact) mass is 377 g/mol. The van der Waals surface area contributed by atoms with Crippen molar-refractivity contribution in [3.05, 3.63) is 34.9 Å². The second kappa shape index (κ2) is 8.08. The van der Waals surface area contributed by atoms with Crippen LogP contribution in [0.4, 0.5) is 0 Å². The quantitative estimate of drug-likeness (QED) is 0.873. The summed E-state index contributed by atoms with van der Waals surface area (Å²) in [5.74, 6) is -0.863. The van der Waals surface area contributed by atoms with E-state index in [1.54, 1.807) is 34.1 Å². The third-order valence-corrected chi connectivity index (χ3v) is 5.54. The molecule has 1 aromatic carbocycles. The Morgan fingerprint density at radius 3 is 2.15 bits per heavy atom. The molecule has 2 aliphatic rings. The van der Waals surface area contributed by atoms with Gasteiger partial charge in [0.2, 0.25) is 11.8 Å². The number of hydrogen-bond acceptors (Lipinski definition) is 3. The summed E-state index contributed by atoms with van der Waals surface area (Å²) >= 11 is 5.88. The lowest BCUT2D eigenvalue weighted by Gasteiger charge is -2.37. The zero-order valence-corrected chi connectivity index (χ0v) is 15.5. The average molecular weight is 378 g/mol. The van der Waals surface area contributed by atoms with Gasteiger partial charge < -0.3 is 15.5 Å². The number of rotatable bonds is 3. The summed E-state index contributed by atoms with van der Waals surface area (Å²) in [5.41, 5.74) is 5.98. The minimum absolute atomic E-state index is 0.0320. The molecule has 2 aliphatic heterocycles. The van der Waals surface area contributed by atoms with Crippen molar-refractivity contribution in [3.8, 4) is 0 Å². The highest BCUT2D eigenvalue weighted by molar-refractivity contribution is 6.30. The minimum Gasteiger partial charge on any atom is -0.369 e. The van der Waals surface area contributed by atoms with Crippen LogP contribution in [0.25, 0.3) is 0 Å². The first kappa shape index (κ1) is 18.7. The summed E-state index contributed by atoms with van der Waals surface area (Å²) in [6.07, 6.45) is 3.09. The maximum Gasteiger partial charge on any atom is 0.253 e. The number of nitrogens with two attached hydrogens (primary N) is 1. The molecule has 0 aliphatic carbocycles. The summed E-state index contributed by atoms with van der Waals surface area (Å²) in [7, 11) is 0. The molecule has 2 N–H and O–H groups in total. The topological polar surface area (TPSA) is 83.7 Å². The molecule has 0 saturated carbocycles. The summed E-state index contributed by atoms with van der Waals surface area (Å²) in [6, 6.07) is 6.80. The van der Waals surface area contributed by atoms with Crippen molar-refractivity contribution in [2.75, 3.05) is 26.2 Å². The van der Waals surface area contributed by atoms with Crippen molar-refractivity contribution >= 4 is 29.3 Å².